The summed E-state index contributed by atoms with van der Waals surface area (Å²) in [5, 5.41) is 28.3. The summed E-state index contributed by atoms with van der Waals surface area (Å²) in [5.41, 5.74) is -0.952. The quantitative estimate of drug-likeness (QED) is 0.0250. The fourth-order valence-electron chi connectivity index (χ4n) is 11.2. The van der Waals surface area contributed by atoms with Crippen LogP contribution in [0.5, 0.6) is 23.0 Å². The first-order chi connectivity index (χ1) is 53.3. The Morgan fingerprint density at radius 2 is 1.18 bits per heavy atom. The number of phenolic OH excluding ortho intramolecular Hbond substituents is 1. The molecule has 0 saturated carbocycles. The Morgan fingerprint density at radius 3 is 1.73 bits per heavy atom. The zero-order valence-electron chi connectivity index (χ0n) is 61.4. The Kier molecular flexibility index (Phi) is 24.6. The maximum absolute atomic E-state index is 13.7. The number of nitrogens with zero attached hydrogens (tertiary/aromatic N) is 10. The minimum absolute atomic E-state index is 0.00412. The molecule has 6 amide bonds. The molecule has 0 atom stereocenters. The number of aromatic amines is 2. The molecule has 44 heteroatoms. The predicted molar refractivity (Wildman–Crippen MR) is 414 cm³/mol. The average molecular weight is 1650 g/mol. The molecule has 0 fully saturated rings. The van der Waals surface area contributed by atoms with E-state index in [0.29, 0.717) is 27.1 Å². The summed E-state index contributed by atoms with van der Waals surface area (Å²) in [6.45, 7) is 26.0. The number of sulfonamides is 4. The largest absolute Gasteiger partial charge is 0.505 e. The highest BCUT2D eigenvalue weighted by Crippen LogP contribution is 2.52. The summed E-state index contributed by atoms with van der Waals surface area (Å²) in [6, 6.07) is 34.8. The molecule has 0 radical (unpaired) electrons. The smallest absolute Gasteiger partial charge is 0.423 e. The molecular formula is C70H68F3N19O18S4. The van der Waals surface area contributed by atoms with Crippen LogP contribution in [0.2, 0.25) is 0 Å². The molecule has 596 valence electrons. The van der Waals surface area contributed by atoms with Gasteiger partial charge in [-0.05, 0) is 72.8 Å². The lowest BCUT2D eigenvalue weighted by atomic mass is 9.77. The number of para-hydroxylation sites is 3. The lowest BCUT2D eigenvalue weighted by Gasteiger charge is -2.34. The SMILES string of the molecule is CN(C)C(=O)Oc1cc(NC(=O)c2ccccc2NS(C)(=O)=O)c(O)c2c1NC(=O)CC2(C)C.[C-]#[N+]c1c(C(F)(F)F)c(OC(=O)N(C)C)c2nc(CCNC(=O)c3cc(NS(C)(=O)=O)cc(NS(C)(=O)=O)c3)[nH]n12.[C-]#[N+]c1c(OC(=O)N(c2ccccc2)c2ccccc2)c2[nH]nc(-c3cccc(NS(C)(=O)=O)c3)n2c1[N+]#[C-]. The zero-order chi connectivity index (χ0) is 83.9. The summed E-state index contributed by atoms with van der Waals surface area (Å²) in [6.07, 6.45) is -4.04. The number of anilines is 8. The molecule has 37 nitrogen and oxygen atoms in total. The van der Waals surface area contributed by atoms with Gasteiger partial charge < -0.3 is 54.8 Å². The number of rotatable bonds is 20. The maximum atomic E-state index is 13.7. The highest BCUT2D eigenvalue weighted by molar-refractivity contribution is 7.92. The first-order valence-corrected chi connectivity index (χ1v) is 40.3. The number of phenols is 1. The number of H-pyrrole nitrogens is 2. The van der Waals surface area contributed by atoms with Gasteiger partial charge in [0.25, 0.3) is 29.0 Å². The van der Waals surface area contributed by atoms with Gasteiger partial charge >= 0.3 is 24.5 Å². The lowest BCUT2D eigenvalue weighted by Crippen LogP contribution is -2.34. The molecule has 1 aliphatic heterocycles. The van der Waals surface area contributed by atoms with Gasteiger partial charge in [-0.15, -0.1) is 5.10 Å². The van der Waals surface area contributed by atoms with E-state index < -0.39 is 105 Å². The van der Waals surface area contributed by atoms with Gasteiger partial charge in [-0.2, -0.15) is 22.7 Å². The molecule has 10 aromatic rings. The fourth-order valence-corrected chi connectivity index (χ4v) is 13.4. The third-order valence-electron chi connectivity index (χ3n) is 15.6. The summed E-state index contributed by atoms with van der Waals surface area (Å²) in [4.78, 5) is 93.3. The topological polar surface area (TPSA) is 460 Å². The molecule has 6 aromatic carbocycles. The van der Waals surface area contributed by atoms with E-state index in [9.17, 15) is 80.7 Å². The number of amides is 6. The van der Waals surface area contributed by atoms with Crippen molar-refractivity contribution in [2.24, 2.45) is 0 Å². The highest BCUT2D eigenvalue weighted by atomic mass is 32.2. The van der Waals surface area contributed by atoms with Crippen LogP contribution in [0.3, 0.4) is 0 Å². The number of hydrogen-bond donors (Lipinski definition) is 10. The average Bonchev–Trinajstić information content (AvgIpc) is 1.50. The van der Waals surface area contributed by atoms with E-state index in [-0.39, 0.29) is 116 Å². The van der Waals surface area contributed by atoms with Crippen LogP contribution in [0.1, 0.15) is 57.9 Å². The summed E-state index contributed by atoms with van der Waals surface area (Å²) in [7, 11) is -9.27. The Labute approximate surface area is 648 Å². The number of halogens is 3. The number of alkyl halides is 3. The Morgan fingerprint density at radius 1 is 0.640 bits per heavy atom. The summed E-state index contributed by atoms with van der Waals surface area (Å²) >= 11 is 0. The van der Waals surface area contributed by atoms with Crippen LogP contribution < -0.4 is 53.9 Å². The third kappa shape index (κ3) is 20.4. The molecule has 10 N–H and O–H groups in total. The summed E-state index contributed by atoms with van der Waals surface area (Å²) < 4.78 is 162. The normalized spacial score (nSPS) is 12.4. The second-order valence-corrected chi connectivity index (χ2v) is 32.8. The van der Waals surface area contributed by atoms with Crippen LogP contribution in [0.25, 0.3) is 37.2 Å². The minimum Gasteiger partial charge on any atom is -0.505 e. The lowest BCUT2D eigenvalue weighted by molar-refractivity contribution is -0.137. The van der Waals surface area contributed by atoms with E-state index in [0.717, 1.165) is 48.1 Å². The summed E-state index contributed by atoms with van der Waals surface area (Å²) in [5.74, 6) is -4.07. The van der Waals surface area contributed by atoms with Crippen molar-refractivity contribution in [2.45, 2.75) is 38.3 Å². The van der Waals surface area contributed by atoms with E-state index in [1.165, 1.54) is 60.6 Å². The van der Waals surface area contributed by atoms with Crippen LogP contribution in [-0.4, -0.2) is 174 Å². The van der Waals surface area contributed by atoms with Gasteiger partial charge in [0, 0.05) is 81.4 Å². The van der Waals surface area contributed by atoms with Crippen LogP contribution in [-0.2, 0) is 62.9 Å². The number of hydrogen-bond acceptors (Lipinski definition) is 20. The van der Waals surface area contributed by atoms with Crippen molar-refractivity contribution in [1.29, 1.82) is 0 Å². The van der Waals surface area contributed by atoms with E-state index in [1.807, 2.05) is 12.1 Å². The van der Waals surface area contributed by atoms with Crippen LogP contribution in [0, 0.1) is 19.7 Å². The van der Waals surface area contributed by atoms with Crippen molar-refractivity contribution in [2.75, 3.05) is 94.2 Å². The first kappa shape index (κ1) is 84.1. The first-order valence-electron chi connectivity index (χ1n) is 32.7. The molecule has 0 spiro atoms. The number of fused-ring (bicyclic) bond motifs is 3. The Bertz CT molecular complexity index is 6020. The Hall–Kier alpha value is -13.9. The van der Waals surface area contributed by atoms with Crippen molar-refractivity contribution < 1.29 is 94.9 Å². The highest BCUT2D eigenvalue weighted by Gasteiger charge is 2.44. The van der Waals surface area contributed by atoms with Gasteiger partial charge in [0.2, 0.25) is 69.0 Å². The van der Waals surface area contributed by atoms with Gasteiger partial charge in [0.15, 0.2) is 11.5 Å². The molecule has 11 rings (SSSR count). The molecule has 1 aliphatic rings. The third-order valence-corrected chi connectivity index (χ3v) is 18.0. The van der Waals surface area contributed by atoms with E-state index in [1.54, 1.807) is 98.8 Å². The maximum Gasteiger partial charge on any atom is 0.423 e. The molecule has 0 saturated heterocycles. The number of carbonyl (C=O) groups excluding carboxylic acids is 6. The van der Waals surface area contributed by atoms with Gasteiger partial charge in [-0.1, -0.05) is 81.6 Å². The van der Waals surface area contributed by atoms with Crippen molar-refractivity contribution in [1.82, 2.24) is 44.3 Å². The fraction of sp³-hybridized carbons (Fsp3) is 0.214. The van der Waals surface area contributed by atoms with E-state index in [4.69, 9.17) is 33.9 Å². The monoisotopic (exact) mass is 1650 g/mol. The van der Waals surface area contributed by atoms with E-state index >= 15 is 0 Å². The van der Waals surface area contributed by atoms with Gasteiger partial charge in [0.1, 0.15) is 17.1 Å². The van der Waals surface area contributed by atoms with Crippen molar-refractivity contribution in [3.05, 3.63) is 196 Å². The number of benzene rings is 6. The standard InChI is InChI=1S/C27H19N7O4S.C22H26N4O7S.C21H23F3N8O7S2/c1-28-22-23(38-27(35)33(20-13-6-4-7-14-20)21-15-8-5-9-16-21)26-31-30-24(34(26)25(22)29-2)18-11-10-12-19(17-18)32-39(3,36)37;1-22(2)11-16(27)24-18-15(33-21(30)26(3)4)10-14(19(28)17(18)22)23-20(29)12-8-6-7-9-13(12)25-34(5,31)32;1-25-17-15(21(22,23)24)16(39-20(34)31(2)3)18-27-14(28-32(17)18)6-7-26-19(33)11-8-12(29-40(4,35)36)10-13(9-11)30-41(5,37)38/h4-17,31-32H,3H3;6-10,25,28H,11H2,1-5H3,(H,23,29)(H,24,27);8-10,29-30H,6-7H2,2-5H3,(H,26,33)(H,27,28). The second kappa shape index (κ2) is 33.4. The number of aromatic hydroxyl groups is 1. The van der Waals surface area contributed by atoms with Crippen molar-refractivity contribution in [3.8, 4) is 34.4 Å². The molecule has 0 bridgehead atoms. The van der Waals surface area contributed by atoms with Gasteiger partial charge in [-0.25, -0.2) is 72.4 Å². The van der Waals surface area contributed by atoms with Crippen molar-refractivity contribution in [3.63, 3.8) is 0 Å². The van der Waals surface area contributed by atoms with Gasteiger partial charge in [-0.3, -0.25) is 33.3 Å². The molecule has 4 aromatic heterocycles. The minimum atomic E-state index is -5.05. The number of ether oxygens (including phenoxy) is 3. The van der Waals surface area contributed by atoms with Crippen LogP contribution in [0.4, 0.5) is 90.4 Å². The Balaban J connectivity index is 0.000000197. The van der Waals surface area contributed by atoms with Crippen LogP contribution >= 0.6 is 0 Å². The number of aromatic nitrogens is 6. The molecular weight excluding hydrogens is 1580 g/mol. The van der Waals surface area contributed by atoms with Crippen molar-refractivity contribution >= 4 is 150 Å². The molecule has 0 unspecified atom stereocenters. The number of carbonyl (C=O) groups is 6. The van der Waals surface area contributed by atoms with Gasteiger partial charge in [0.05, 0.1) is 77.0 Å². The molecule has 114 heavy (non-hydrogen) atoms. The van der Waals surface area contributed by atoms with Crippen LogP contribution in [0.15, 0.2) is 133 Å². The van der Waals surface area contributed by atoms with E-state index in [2.05, 4.69) is 69.7 Å². The predicted octanol–water partition coefficient (Wildman–Crippen LogP) is 10.8. The molecule has 0 aliphatic carbocycles. The second-order valence-electron chi connectivity index (χ2n) is 25.8. The molecule has 5 heterocycles. The zero-order valence-corrected chi connectivity index (χ0v) is 64.7. The number of nitrogens with one attached hydrogen (secondary N) is 9.